The summed E-state index contributed by atoms with van der Waals surface area (Å²) in [4.78, 5) is 11.0. The molecule has 0 amide bonds. The van der Waals surface area contributed by atoms with Crippen LogP contribution in [0.4, 0.5) is 13.2 Å². The summed E-state index contributed by atoms with van der Waals surface area (Å²) in [6, 6.07) is 10.2. The average molecular weight is 400 g/mol. The van der Waals surface area contributed by atoms with Gasteiger partial charge in [-0.1, -0.05) is 40.1 Å². The van der Waals surface area contributed by atoms with Crippen LogP contribution in [0.25, 0.3) is 11.1 Å². The fourth-order valence-corrected chi connectivity index (χ4v) is 2.36. The fourth-order valence-electron chi connectivity index (χ4n) is 2.14. The molecule has 0 aliphatic carbocycles. The Kier molecular flexibility index (Phi) is 4.91. The van der Waals surface area contributed by atoms with Crippen molar-refractivity contribution in [1.82, 2.24) is 15.4 Å². The van der Waals surface area contributed by atoms with Crippen molar-refractivity contribution in [2.45, 2.75) is 6.36 Å². The van der Waals surface area contributed by atoms with Gasteiger partial charge in [0.25, 0.3) is 5.88 Å². The van der Waals surface area contributed by atoms with E-state index >= 15 is 0 Å². The summed E-state index contributed by atoms with van der Waals surface area (Å²) in [7, 11) is 0. The number of carboxylic acid groups (broad SMARTS) is 1. The maximum Gasteiger partial charge on any atom is 0.573 e. The van der Waals surface area contributed by atoms with Crippen LogP contribution in [0.1, 0.15) is 10.5 Å². The van der Waals surface area contributed by atoms with Crippen LogP contribution >= 0.6 is 11.6 Å². The van der Waals surface area contributed by atoms with E-state index in [2.05, 4.69) is 20.1 Å². The molecule has 0 atom stereocenters. The third-order valence-electron chi connectivity index (χ3n) is 3.29. The van der Waals surface area contributed by atoms with Crippen molar-refractivity contribution in [3.63, 3.8) is 0 Å². The molecule has 0 fully saturated rings. The number of hydrogen-bond acceptors (Lipinski definition) is 5. The Labute approximate surface area is 154 Å². The van der Waals surface area contributed by atoms with Gasteiger partial charge in [0.1, 0.15) is 11.5 Å². The van der Waals surface area contributed by atoms with E-state index in [9.17, 15) is 18.0 Å². The van der Waals surface area contributed by atoms with E-state index in [-0.39, 0.29) is 16.6 Å². The van der Waals surface area contributed by atoms with Crippen LogP contribution < -0.4 is 9.47 Å². The Bertz CT molecular complexity index is 974. The highest BCUT2D eigenvalue weighted by Crippen LogP contribution is 2.34. The first-order valence-electron chi connectivity index (χ1n) is 7.21. The monoisotopic (exact) mass is 399 g/mol. The van der Waals surface area contributed by atoms with Gasteiger partial charge in [-0.25, -0.2) is 9.89 Å². The van der Waals surface area contributed by atoms with Crippen LogP contribution in [0.15, 0.2) is 42.5 Å². The summed E-state index contributed by atoms with van der Waals surface area (Å²) >= 11 is 5.83. The molecule has 3 rings (SSSR count). The smallest absolute Gasteiger partial charge is 0.476 e. The maximum absolute atomic E-state index is 12.3. The number of aromatic amines is 1. The molecule has 3 aromatic rings. The minimum absolute atomic E-state index is 0.196. The molecular formula is C16H9ClF3N3O4. The third kappa shape index (κ3) is 4.47. The van der Waals surface area contributed by atoms with E-state index < -0.39 is 18.1 Å². The lowest BCUT2D eigenvalue weighted by Gasteiger charge is -2.11. The van der Waals surface area contributed by atoms with Crippen molar-refractivity contribution >= 4 is 17.6 Å². The first-order valence-corrected chi connectivity index (χ1v) is 7.58. The van der Waals surface area contributed by atoms with Gasteiger partial charge < -0.3 is 14.6 Å². The predicted octanol–water partition coefficient (Wildman–Crippen LogP) is 4.51. The van der Waals surface area contributed by atoms with Gasteiger partial charge in [-0.05, 0) is 35.4 Å². The van der Waals surface area contributed by atoms with Crippen LogP contribution in [0.2, 0.25) is 5.02 Å². The van der Waals surface area contributed by atoms with Crippen molar-refractivity contribution < 1.29 is 32.5 Å². The van der Waals surface area contributed by atoms with Crippen molar-refractivity contribution in [1.29, 1.82) is 0 Å². The van der Waals surface area contributed by atoms with E-state index in [1.807, 2.05) is 0 Å². The fraction of sp³-hybridized carbons (Fsp3) is 0.0625. The first-order chi connectivity index (χ1) is 12.7. The van der Waals surface area contributed by atoms with Crippen LogP contribution in [0, 0.1) is 0 Å². The van der Waals surface area contributed by atoms with Gasteiger partial charge in [0.05, 0.1) is 5.02 Å². The van der Waals surface area contributed by atoms with Crippen molar-refractivity contribution in [3.05, 3.63) is 53.2 Å². The Balaban J connectivity index is 1.78. The molecule has 0 saturated heterocycles. The number of alkyl halides is 3. The summed E-state index contributed by atoms with van der Waals surface area (Å²) in [5.41, 5.74) is 0.890. The molecule has 1 aromatic heterocycles. The molecule has 0 radical (unpaired) electrons. The number of H-pyrrole nitrogens is 1. The van der Waals surface area contributed by atoms with E-state index in [1.165, 1.54) is 24.3 Å². The first kappa shape index (κ1) is 18.5. The lowest BCUT2D eigenvalue weighted by molar-refractivity contribution is -0.274. The van der Waals surface area contributed by atoms with E-state index in [4.69, 9.17) is 21.4 Å². The van der Waals surface area contributed by atoms with Gasteiger partial charge in [0.15, 0.2) is 0 Å². The number of nitrogens with one attached hydrogen (secondary N) is 1. The minimum atomic E-state index is -4.83. The van der Waals surface area contributed by atoms with Gasteiger partial charge in [-0.3, -0.25) is 0 Å². The highest BCUT2D eigenvalue weighted by Gasteiger charge is 2.32. The normalized spacial score (nSPS) is 11.3. The Hall–Kier alpha value is -3.27. The summed E-state index contributed by atoms with van der Waals surface area (Å²) in [5.74, 6) is -1.69. The molecule has 2 N–H and O–H groups in total. The van der Waals surface area contributed by atoms with Crippen LogP contribution in [0.3, 0.4) is 0 Å². The Morgan fingerprint density at radius 3 is 2.37 bits per heavy atom. The SMILES string of the molecule is O=C(O)c1[nH]nnc1Oc1ccc(-c2ccc(OC(F)(F)F)c(Cl)c2)cc1. The summed E-state index contributed by atoms with van der Waals surface area (Å²) in [6.07, 6.45) is -4.83. The number of carboxylic acids is 1. The summed E-state index contributed by atoms with van der Waals surface area (Å²) in [5, 5.41) is 17.9. The highest BCUT2D eigenvalue weighted by molar-refractivity contribution is 6.32. The molecule has 0 spiro atoms. The van der Waals surface area contributed by atoms with Crippen LogP contribution in [0.5, 0.6) is 17.4 Å². The number of hydrogen-bond donors (Lipinski definition) is 2. The zero-order chi connectivity index (χ0) is 19.6. The second-order valence-corrected chi connectivity index (χ2v) is 5.52. The molecule has 0 bridgehead atoms. The summed E-state index contributed by atoms with van der Waals surface area (Å²) in [6.45, 7) is 0. The number of benzene rings is 2. The Morgan fingerprint density at radius 1 is 1.11 bits per heavy atom. The average Bonchev–Trinajstić information content (AvgIpc) is 3.05. The number of aromatic carboxylic acids is 1. The summed E-state index contributed by atoms with van der Waals surface area (Å²) < 4.78 is 46.0. The minimum Gasteiger partial charge on any atom is -0.476 e. The molecular weight excluding hydrogens is 391 g/mol. The predicted molar refractivity (Wildman–Crippen MR) is 87.0 cm³/mol. The zero-order valence-corrected chi connectivity index (χ0v) is 13.9. The largest absolute Gasteiger partial charge is 0.573 e. The third-order valence-corrected chi connectivity index (χ3v) is 3.59. The number of aromatic nitrogens is 3. The van der Waals surface area contributed by atoms with Gasteiger partial charge in [-0.2, -0.15) is 0 Å². The lowest BCUT2D eigenvalue weighted by atomic mass is 10.1. The van der Waals surface area contributed by atoms with Gasteiger partial charge in [0.2, 0.25) is 5.69 Å². The van der Waals surface area contributed by atoms with Gasteiger partial charge in [0, 0.05) is 0 Å². The van der Waals surface area contributed by atoms with Crippen molar-refractivity contribution in [2.24, 2.45) is 0 Å². The molecule has 1 heterocycles. The standard InChI is InChI=1S/C16H9ClF3N3O4/c17-11-7-9(3-6-12(11)27-16(18,19)20)8-1-4-10(5-2-8)26-14-13(15(24)25)21-23-22-14/h1-7H,(H,24,25)(H,21,22,23). The lowest BCUT2D eigenvalue weighted by Crippen LogP contribution is -2.17. The second kappa shape index (κ2) is 7.16. The molecule has 27 heavy (non-hydrogen) atoms. The van der Waals surface area contributed by atoms with E-state index in [0.29, 0.717) is 16.9 Å². The van der Waals surface area contributed by atoms with Gasteiger partial charge in [-0.15, -0.1) is 13.2 Å². The quantitative estimate of drug-likeness (QED) is 0.655. The molecule has 7 nitrogen and oxygen atoms in total. The van der Waals surface area contributed by atoms with Crippen molar-refractivity contribution in [2.75, 3.05) is 0 Å². The molecule has 0 aliphatic rings. The molecule has 11 heteroatoms. The molecule has 0 unspecified atom stereocenters. The molecule has 0 aliphatic heterocycles. The highest BCUT2D eigenvalue weighted by atomic mass is 35.5. The molecule has 0 saturated carbocycles. The topological polar surface area (TPSA) is 97.3 Å². The number of nitrogens with zero attached hydrogens (tertiary/aromatic N) is 2. The zero-order valence-electron chi connectivity index (χ0n) is 13.1. The number of carbonyl (C=O) groups is 1. The molecule has 140 valence electrons. The number of rotatable bonds is 5. The van der Waals surface area contributed by atoms with Crippen molar-refractivity contribution in [3.8, 4) is 28.5 Å². The number of halogens is 4. The Morgan fingerprint density at radius 2 is 1.78 bits per heavy atom. The second-order valence-electron chi connectivity index (χ2n) is 5.12. The van der Waals surface area contributed by atoms with E-state index in [1.54, 1.807) is 12.1 Å². The van der Waals surface area contributed by atoms with E-state index in [0.717, 1.165) is 6.07 Å². The van der Waals surface area contributed by atoms with Crippen LogP contribution in [-0.4, -0.2) is 32.8 Å². The molecule has 2 aromatic carbocycles. The number of ether oxygens (including phenoxy) is 2. The van der Waals surface area contributed by atoms with Crippen LogP contribution in [-0.2, 0) is 0 Å². The van der Waals surface area contributed by atoms with Gasteiger partial charge >= 0.3 is 12.3 Å². The maximum atomic E-state index is 12.3.